The normalized spacial score (nSPS) is 15.1. The predicted molar refractivity (Wildman–Crippen MR) is 160 cm³/mol. The van der Waals surface area contributed by atoms with Crippen molar-refractivity contribution < 1.29 is 31.2 Å². The molecule has 230 valence electrons. The number of nitrogens with one attached hydrogen (secondary N) is 3. The maximum Gasteiger partial charge on any atom is 0.416 e. The third-order valence-corrected chi connectivity index (χ3v) is 8.92. The molecule has 2 amide bonds. The number of rotatable bonds is 10. The quantitative estimate of drug-likeness (QED) is 0.273. The van der Waals surface area contributed by atoms with Crippen LogP contribution in [0.2, 0.25) is 10.0 Å². The van der Waals surface area contributed by atoms with Crippen molar-refractivity contribution in [3.8, 4) is 0 Å². The Balaban J connectivity index is 1.49. The number of sulfonamides is 1. The molecule has 1 saturated heterocycles. The van der Waals surface area contributed by atoms with Crippen LogP contribution in [0, 0.1) is 5.92 Å². The third kappa shape index (κ3) is 8.41. The second-order valence-corrected chi connectivity index (χ2v) is 13.0. The van der Waals surface area contributed by atoms with Crippen molar-refractivity contribution in [3.63, 3.8) is 0 Å². The number of benzene rings is 3. The van der Waals surface area contributed by atoms with Gasteiger partial charge in [0.05, 0.1) is 17.4 Å². The highest BCUT2D eigenvalue weighted by atomic mass is 35.5. The molecule has 4 rings (SSSR count). The molecule has 0 saturated carbocycles. The fourth-order valence-corrected chi connectivity index (χ4v) is 6.55. The van der Waals surface area contributed by atoms with Crippen LogP contribution >= 0.6 is 23.2 Å². The van der Waals surface area contributed by atoms with Crippen molar-refractivity contribution in [1.29, 1.82) is 0 Å². The standard InChI is InChI=1S/C29H29Cl2F3N4O4S/c1-17(27(39)35-2)36-28(40)21-11-22(29(32,33)34)13-25(12-21)37-43(41,42)16-18-14-38(15-18)26(19-3-7-23(30)8-4-19)20-5-9-24(31)10-6-20/h3-13,17-18,26,37H,14-16H2,1-2H3,(H,35,39)(H,36,40). The summed E-state index contributed by atoms with van der Waals surface area (Å²) in [5.74, 6) is -2.16. The number of likely N-dealkylation sites (N-methyl/N-ethyl adjacent to an activating group) is 1. The summed E-state index contributed by atoms with van der Waals surface area (Å²) in [6.45, 7) is 2.18. The Morgan fingerprint density at radius 2 is 1.49 bits per heavy atom. The van der Waals surface area contributed by atoms with Crippen molar-refractivity contribution in [2.45, 2.75) is 25.2 Å². The third-order valence-electron chi connectivity index (χ3n) is 6.96. The number of alkyl halides is 3. The van der Waals surface area contributed by atoms with Crippen LogP contribution in [-0.4, -0.2) is 57.1 Å². The largest absolute Gasteiger partial charge is 0.416 e. The zero-order valence-electron chi connectivity index (χ0n) is 23.1. The van der Waals surface area contributed by atoms with E-state index in [-0.39, 0.29) is 17.7 Å². The Morgan fingerprint density at radius 1 is 0.953 bits per heavy atom. The Morgan fingerprint density at radius 3 is 1.98 bits per heavy atom. The number of nitrogens with zero attached hydrogens (tertiary/aromatic N) is 1. The van der Waals surface area contributed by atoms with E-state index < -0.39 is 50.9 Å². The van der Waals surface area contributed by atoms with Gasteiger partial charge in [-0.1, -0.05) is 47.5 Å². The first kappa shape index (κ1) is 32.6. The molecule has 0 aliphatic carbocycles. The number of hydrogen-bond donors (Lipinski definition) is 3. The smallest absolute Gasteiger partial charge is 0.357 e. The van der Waals surface area contributed by atoms with E-state index in [0.29, 0.717) is 35.3 Å². The lowest BCUT2D eigenvalue weighted by Gasteiger charge is -2.44. The lowest BCUT2D eigenvalue weighted by atomic mass is 9.91. The number of hydrogen-bond acceptors (Lipinski definition) is 5. The summed E-state index contributed by atoms with van der Waals surface area (Å²) < 4.78 is 69.1. The lowest BCUT2D eigenvalue weighted by Crippen LogP contribution is -2.51. The fourth-order valence-electron chi connectivity index (χ4n) is 4.91. The predicted octanol–water partition coefficient (Wildman–Crippen LogP) is 5.34. The monoisotopic (exact) mass is 656 g/mol. The zero-order chi connectivity index (χ0) is 31.5. The number of likely N-dealkylation sites (tertiary alicyclic amines) is 1. The SMILES string of the molecule is CNC(=O)C(C)NC(=O)c1cc(NS(=O)(=O)CC2CN(C(c3ccc(Cl)cc3)c3ccc(Cl)cc3)C2)cc(C(F)(F)F)c1. The Bertz CT molecular complexity index is 1540. The molecule has 14 heteroatoms. The average Bonchev–Trinajstić information content (AvgIpc) is 2.92. The summed E-state index contributed by atoms with van der Waals surface area (Å²) in [5.41, 5.74) is -0.178. The van der Waals surface area contributed by atoms with Crippen LogP contribution in [0.1, 0.15) is 40.0 Å². The Kier molecular flexibility index (Phi) is 9.95. The van der Waals surface area contributed by atoms with E-state index in [1.807, 2.05) is 24.3 Å². The minimum absolute atomic E-state index is 0.192. The summed E-state index contributed by atoms with van der Waals surface area (Å²) >= 11 is 12.1. The van der Waals surface area contributed by atoms with Crippen molar-refractivity contribution in [2.24, 2.45) is 5.92 Å². The van der Waals surface area contributed by atoms with Crippen LogP contribution in [0.3, 0.4) is 0 Å². The van der Waals surface area contributed by atoms with Crippen LogP contribution in [0.15, 0.2) is 66.7 Å². The van der Waals surface area contributed by atoms with Gasteiger partial charge in [0.15, 0.2) is 0 Å². The van der Waals surface area contributed by atoms with E-state index in [0.717, 1.165) is 17.2 Å². The van der Waals surface area contributed by atoms with Crippen LogP contribution in [0.5, 0.6) is 0 Å². The first-order valence-electron chi connectivity index (χ1n) is 13.2. The van der Waals surface area contributed by atoms with Gasteiger partial charge < -0.3 is 10.6 Å². The molecule has 1 heterocycles. The van der Waals surface area contributed by atoms with Gasteiger partial charge in [0.1, 0.15) is 6.04 Å². The lowest BCUT2D eigenvalue weighted by molar-refractivity contribution is -0.137. The van der Waals surface area contributed by atoms with Crippen LogP contribution < -0.4 is 15.4 Å². The van der Waals surface area contributed by atoms with Crippen LogP contribution in [-0.2, 0) is 21.0 Å². The van der Waals surface area contributed by atoms with Gasteiger partial charge in [0, 0.05) is 47.4 Å². The average molecular weight is 658 g/mol. The van der Waals surface area contributed by atoms with Crippen molar-refractivity contribution in [3.05, 3.63) is 99.0 Å². The van der Waals surface area contributed by atoms with E-state index in [1.165, 1.54) is 14.0 Å². The summed E-state index contributed by atoms with van der Waals surface area (Å²) in [7, 11) is -2.76. The first-order valence-corrected chi connectivity index (χ1v) is 15.6. The van der Waals surface area contributed by atoms with E-state index in [2.05, 4.69) is 20.3 Å². The van der Waals surface area contributed by atoms with Gasteiger partial charge >= 0.3 is 6.18 Å². The molecule has 3 N–H and O–H groups in total. The maximum absolute atomic E-state index is 13.6. The molecule has 1 atom stereocenters. The van der Waals surface area contributed by atoms with E-state index in [1.54, 1.807) is 24.3 Å². The molecule has 1 fully saturated rings. The van der Waals surface area contributed by atoms with Crippen molar-refractivity contribution in [1.82, 2.24) is 15.5 Å². The van der Waals surface area contributed by atoms with Gasteiger partial charge in [-0.3, -0.25) is 19.2 Å². The van der Waals surface area contributed by atoms with Crippen molar-refractivity contribution >= 4 is 50.7 Å². The fraction of sp³-hybridized carbons (Fsp3) is 0.310. The molecule has 3 aromatic carbocycles. The molecule has 0 radical (unpaired) electrons. The van der Waals surface area contributed by atoms with Crippen LogP contribution in [0.25, 0.3) is 0 Å². The molecule has 0 aromatic heterocycles. The van der Waals surface area contributed by atoms with E-state index in [9.17, 15) is 31.2 Å². The molecule has 0 spiro atoms. The molecule has 1 aliphatic rings. The highest BCUT2D eigenvalue weighted by Crippen LogP contribution is 2.36. The number of carbonyl (C=O) groups excluding carboxylic acids is 2. The second kappa shape index (κ2) is 13.1. The van der Waals surface area contributed by atoms with Gasteiger partial charge in [-0.05, 0) is 60.5 Å². The summed E-state index contributed by atoms with van der Waals surface area (Å²) in [5, 5.41) is 5.78. The molecule has 0 bridgehead atoms. The Labute approximate surface area is 257 Å². The molecular formula is C29H29Cl2F3N4O4S. The second-order valence-electron chi connectivity index (χ2n) is 10.3. The molecule has 43 heavy (non-hydrogen) atoms. The number of carbonyl (C=O) groups is 2. The minimum Gasteiger partial charge on any atom is -0.357 e. The number of halogens is 5. The molecule has 8 nitrogen and oxygen atoms in total. The van der Waals surface area contributed by atoms with Crippen LogP contribution in [0.4, 0.5) is 18.9 Å². The van der Waals surface area contributed by atoms with Gasteiger partial charge in [-0.2, -0.15) is 13.2 Å². The maximum atomic E-state index is 13.6. The summed E-state index contributed by atoms with van der Waals surface area (Å²) in [4.78, 5) is 26.4. The zero-order valence-corrected chi connectivity index (χ0v) is 25.4. The number of amides is 2. The highest BCUT2D eigenvalue weighted by Gasteiger charge is 2.37. The first-order chi connectivity index (χ1) is 20.1. The molecule has 1 unspecified atom stereocenters. The van der Waals surface area contributed by atoms with Crippen molar-refractivity contribution in [2.75, 3.05) is 30.6 Å². The Hall–Kier alpha value is -3.32. The molecule has 1 aliphatic heterocycles. The summed E-state index contributed by atoms with van der Waals surface area (Å²) in [6, 6.07) is 15.7. The molecular weight excluding hydrogens is 628 g/mol. The van der Waals surface area contributed by atoms with Gasteiger partial charge in [0.25, 0.3) is 5.91 Å². The number of anilines is 1. The highest BCUT2D eigenvalue weighted by molar-refractivity contribution is 7.92. The van der Waals surface area contributed by atoms with E-state index >= 15 is 0 Å². The van der Waals surface area contributed by atoms with Gasteiger partial charge in [0.2, 0.25) is 15.9 Å². The van der Waals surface area contributed by atoms with Gasteiger partial charge in [-0.15, -0.1) is 0 Å². The molecule has 3 aromatic rings. The van der Waals surface area contributed by atoms with Gasteiger partial charge in [-0.25, -0.2) is 8.42 Å². The van der Waals surface area contributed by atoms with E-state index in [4.69, 9.17) is 23.2 Å². The minimum atomic E-state index is -4.85. The summed E-state index contributed by atoms with van der Waals surface area (Å²) in [6.07, 6.45) is -4.85. The topological polar surface area (TPSA) is 108 Å².